The Morgan fingerprint density at radius 3 is 2.48 bits per heavy atom. The lowest BCUT2D eigenvalue weighted by molar-refractivity contribution is 0.601. The van der Waals surface area contributed by atoms with E-state index < -0.39 is 10.0 Å². The first-order valence-corrected chi connectivity index (χ1v) is 8.06. The summed E-state index contributed by atoms with van der Waals surface area (Å²) in [5, 5.41) is 9.18. The summed E-state index contributed by atoms with van der Waals surface area (Å²) in [4.78, 5) is -0.164. The molecule has 108 valence electrons. The zero-order valence-corrected chi connectivity index (χ0v) is 13.2. The summed E-state index contributed by atoms with van der Waals surface area (Å²) in [6.45, 7) is 1.73. The van der Waals surface area contributed by atoms with E-state index in [9.17, 15) is 8.42 Å². The Morgan fingerprint density at radius 1 is 1.14 bits per heavy atom. The van der Waals surface area contributed by atoms with Crippen molar-refractivity contribution in [2.45, 2.75) is 11.8 Å². The molecule has 4 nitrogen and oxygen atoms in total. The van der Waals surface area contributed by atoms with E-state index in [1.54, 1.807) is 25.1 Å². The molecule has 0 atom stereocenters. The summed E-state index contributed by atoms with van der Waals surface area (Å²) in [6.07, 6.45) is 0. The Labute approximate surface area is 133 Å². The minimum atomic E-state index is -3.94. The fourth-order valence-electron chi connectivity index (χ4n) is 1.73. The molecule has 0 aromatic heterocycles. The molecule has 0 heterocycles. The first kappa shape index (κ1) is 15.6. The summed E-state index contributed by atoms with van der Waals surface area (Å²) < 4.78 is 27.3. The van der Waals surface area contributed by atoms with Crippen LogP contribution in [-0.2, 0) is 10.0 Å². The standard InChI is InChI=1S/C14H10Cl2N2O2S/c1-9-3-2-4-12(16)14(9)18-21(19,20)13-7-10(8-17)5-6-11(13)15/h2-7,18H,1H3. The van der Waals surface area contributed by atoms with Gasteiger partial charge in [-0.3, -0.25) is 4.72 Å². The smallest absolute Gasteiger partial charge is 0.263 e. The van der Waals surface area contributed by atoms with Crippen molar-refractivity contribution < 1.29 is 8.42 Å². The van der Waals surface area contributed by atoms with E-state index in [1.165, 1.54) is 18.2 Å². The number of nitrogens with zero attached hydrogens (tertiary/aromatic N) is 1. The second-order valence-corrected chi connectivity index (χ2v) is 6.76. The monoisotopic (exact) mass is 340 g/mol. The molecule has 0 unspecified atom stereocenters. The molecule has 0 saturated carbocycles. The molecule has 0 radical (unpaired) electrons. The molecule has 0 amide bonds. The summed E-state index contributed by atoms with van der Waals surface area (Å²) in [7, 11) is -3.94. The number of nitriles is 1. The number of aryl methyl sites for hydroxylation is 1. The van der Waals surface area contributed by atoms with Crippen LogP contribution in [0.4, 0.5) is 5.69 Å². The molecule has 7 heteroatoms. The van der Waals surface area contributed by atoms with E-state index in [-0.39, 0.29) is 26.2 Å². The predicted molar refractivity (Wildman–Crippen MR) is 83.2 cm³/mol. The van der Waals surface area contributed by atoms with Gasteiger partial charge in [-0.15, -0.1) is 0 Å². The molecule has 0 aliphatic heterocycles. The second-order valence-electron chi connectivity index (χ2n) is 4.29. The van der Waals surface area contributed by atoms with E-state index in [1.807, 2.05) is 6.07 Å². The topological polar surface area (TPSA) is 70.0 Å². The highest BCUT2D eigenvalue weighted by atomic mass is 35.5. The molecule has 21 heavy (non-hydrogen) atoms. The van der Waals surface area contributed by atoms with E-state index >= 15 is 0 Å². The average Bonchev–Trinajstić information content (AvgIpc) is 2.43. The number of anilines is 1. The number of sulfonamides is 1. The molecule has 0 bridgehead atoms. The number of nitrogens with one attached hydrogen (secondary N) is 1. The summed E-state index contributed by atoms with van der Waals surface area (Å²) in [6, 6.07) is 10.9. The number of para-hydroxylation sites is 1. The van der Waals surface area contributed by atoms with Crippen molar-refractivity contribution in [3.63, 3.8) is 0 Å². The minimum Gasteiger partial charge on any atom is -0.278 e. The minimum absolute atomic E-state index is 0.0335. The van der Waals surface area contributed by atoms with Gasteiger partial charge in [-0.25, -0.2) is 8.42 Å². The van der Waals surface area contributed by atoms with Crippen LogP contribution in [0.25, 0.3) is 0 Å². The lowest BCUT2D eigenvalue weighted by Crippen LogP contribution is -2.15. The van der Waals surface area contributed by atoms with Gasteiger partial charge in [0.1, 0.15) is 4.90 Å². The van der Waals surface area contributed by atoms with Gasteiger partial charge in [0.2, 0.25) is 0 Å². The molecule has 0 aliphatic carbocycles. The van der Waals surface area contributed by atoms with E-state index in [4.69, 9.17) is 28.5 Å². The zero-order chi connectivity index (χ0) is 15.6. The highest BCUT2D eigenvalue weighted by Gasteiger charge is 2.20. The molecule has 0 saturated heterocycles. The lowest BCUT2D eigenvalue weighted by atomic mass is 10.2. The third-order valence-corrected chi connectivity index (χ3v) is 4.95. The van der Waals surface area contributed by atoms with Gasteiger partial charge in [0.05, 0.1) is 27.4 Å². The quantitative estimate of drug-likeness (QED) is 0.918. The predicted octanol–water partition coefficient (Wildman–Crippen LogP) is 3.97. The molecule has 2 aromatic carbocycles. The highest BCUT2D eigenvalue weighted by Crippen LogP contribution is 2.30. The van der Waals surface area contributed by atoms with Crippen LogP contribution < -0.4 is 4.72 Å². The first-order chi connectivity index (χ1) is 9.85. The Morgan fingerprint density at radius 2 is 1.86 bits per heavy atom. The van der Waals surface area contributed by atoms with Crippen molar-refractivity contribution in [1.82, 2.24) is 0 Å². The SMILES string of the molecule is Cc1cccc(Cl)c1NS(=O)(=O)c1cc(C#N)ccc1Cl. The largest absolute Gasteiger partial charge is 0.278 e. The van der Waals surface area contributed by atoms with Crippen molar-refractivity contribution in [2.75, 3.05) is 4.72 Å². The van der Waals surface area contributed by atoms with Crippen molar-refractivity contribution in [3.8, 4) is 6.07 Å². The van der Waals surface area contributed by atoms with E-state index in [0.717, 1.165) is 0 Å². The fraction of sp³-hybridized carbons (Fsp3) is 0.0714. The van der Waals surface area contributed by atoms with E-state index in [2.05, 4.69) is 4.72 Å². The number of hydrogen-bond acceptors (Lipinski definition) is 3. The average molecular weight is 341 g/mol. The van der Waals surface area contributed by atoms with Gasteiger partial charge in [0, 0.05) is 0 Å². The molecule has 0 aliphatic rings. The van der Waals surface area contributed by atoms with Crippen molar-refractivity contribution in [2.24, 2.45) is 0 Å². The van der Waals surface area contributed by atoms with Gasteiger partial charge in [-0.2, -0.15) is 5.26 Å². The van der Waals surface area contributed by atoms with Crippen LogP contribution in [-0.4, -0.2) is 8.42 Å². The normalized spacial score (nSPS) is 11.0. The Bertz CT molecular complexity index is 822. The Kier molecular flexibility index (Phi) is 4.43. The van der Waals surface area contributed by atoms with Crippen LogP contribution >= 0.6 is 23.2 Å². The molecule has 2 aromatic rings. The zero-order valence-electron chi connectivity index (χ0n) is 10.9. The van der Waals surface area contributed by atoms with Crippen molar-refractivity contribution >= 4 is 38.9 Å². The molecule has 0 fully saturated rings. The molecular weight excluding hydrogens is 331 g/mol. The Hall–Kier alpha value is -1.74. The molecular formula is C14H10Cl2N2O2S. The van der Waals surface area contributed by atoms with Crippen LogP contribution in [0.1, 0.15) is 11.1 Å². The van der Waals surface area contributed by atoms with Gasteiger partial charge in [0.15, 0.2) is 0 Å². The van der Waals surface area contributed by atoms with Gasteiger partial charge in [-0.1, -0.05) is 35.3 Å². The summed E-state index contributed by atoms with van der Waals surface area (Å²) >= 11 is 11.9. The van der Waals surface area contributed by atoms with Crippen molar-refractivity contribution in [3.05, 3.63) is 57.6 Å². The fourth-order valence-corrected chi connectivity index (χ4v) is 3.73. The summed E-state index contributed by atoms with van der Waals surface area (Å²) in [5.74, 6) is 0. The number of halogens is 2. The molecule has 2 rings (SSSR count). The van der Waals surface area contributed by atoms with Crippen LogP contribution in [0.5, 0.6) is 0 Å². The molecule has 0 spiro atoms. The second kappa shape index (κ2) is 5.94. The maximum atomic E-state index is 12.4. The van der Waals surface area contributed by atoms with Gasteiger partial charge in [0.25, 0.3) is 10.0 Å². The van der Waals surface area contributed by atoms with E-state index in [0.29, 0.717) is 5.56 Å². The summed E-state index contributed by atoms with van der Waals surface area (Å²) in [5.41, 5.74) is 1.17. The maximum absolute atomic E-state index is 12.4. The van der Waals surface area contributed by atoms with Crippen LogP contribution in [0, 0.1) is 18.3 Å². The van der Waals surface area contributed by atoms with Crippen LogP contribution in [0.15, 0.2) is 41.3 Å². The molecule has 1 N–H and O–H groups in total. The van der Waals surface area contributed by atoms with Gasteiger partial charge >= 0.3 is 0 Å². The number of hydrogen-bond donors (Lipinski definition) is 1. The first-order valence-electron chi connectivity index (χ1n) is 5.83. The van der Waals surface area contributed by atoms with Crippen LogP contribution in [0.3, 0.4) is 0 Å². The highest BCUT2D eigenvalue weighted by molar-refractivity contribution is 7.92. The van der Waals surface area contributed by atoms with Crippen LogP contribution in [0.2, 0.25) is 10.0 Å². The van der Waals surface area contributed by atoms with Gasteiger partial charge in [-0.05, 0) is 36.8 Å². The lowest BCUT2D eigenvalue weighted by Gasteiger charge is -2.13. The van der Waals surface area contributed by atoms with Crippen molar-refractivity contribution in [1.29, 1.82) is 5.26 Å². The number of benzene rings is 2. The third kappa shape index (κ3) is 3.30. The third-order valence-electron chi connectivity index (χ3n) is 2.81. The Balaban J connectivity index is 2.51. The maximum Gasteiger partial charge on any atom is 0.263 e. The number of rotatable bonds is 3. The van der Waals surface area contributed by atoms with Gasteiger partial charge < -0.3 is 0 Å².